The molecule has 2 aromatic carbocycles. The van der Waals surface area contributed by atoms with Gasteiger partial charge in [-0.15, -0.1) is 0 Å². The largest absolute Gasteiger partial charge is 0.465 e. The minimum atomic E-state index is -1.47. The molecule has 2 heterocycles. The predicted octanol–water partition coefficient (Wildman–Crippen LogP) is 3.46. The minimum absolute atomic E-state index is 0.125. The molecule has 2 aliphatic rings. The molecule has 30 heavy (non-hydrogen) atoms. The zero-order valence-electron chi connectivity index (χ0n) is 16.6. The van der Waals surface area contributed by atoms with Gasteiger partial charge in [-0.25, -0.2) is 4.79 Å². The van der Waals surface area contributed by atoms with Gasteiger partial charge in [-0.3, -0.25) is 4.79 Å². The molecule has 0 aliphatic carbocycles. The van der Waals surface area contributed by atoms with Gasteiger partial charge < -0.3 is 9.64 Å². The maximum Gasteiger partial charge on any atom is 0.337 e. The van der Waals surface area contributed by atoms with Gasteiger partial charge in [0, 0.05) is 11.6 Å². The van der Waals surface area contributed by atoms with E-state index in [0.717, 1.165) is 11.3 Å². The van der Waals surface area contributed by atoms with E-state index in [4.69, 9.17) is 4.74 Å². The van der Waals surface area contributed by atoms with Gasteiger partial charge in [0.25, 0.3) is 0 Å². The lowest BCUT2D eigenvalue weighted by Crippen LogP contribution is -2.43. The molecule has 1 fully saturated rings. The number of carbonyl (C=O) groups is 2. The number of benzene rings is 2. The molecule has 0 aromatic heterocycles. The molecule has 0 spiro atoms. The molecule has 3 atom stereocenters. The van der Waals surface area contributed by atoms with Crippen LogP contribution in [0.15, 0.2) is 54.6 Å². The number of para-hydroxylation sites is 1. The number of carbonyl (C=O) groups excluding carboxylic acids is 2. The highest BCUT2D eigenvalue weighted by molar-refractivity contribution is 5.92. The molecule has 2 aliphatic heterocycles. The number of ketones is 1. The van der Waals surface area contributed by atoms with Crippen molar-refractivity contribution in [1.82, 2.24) is 0 Å². The first-order valence-electron chi connectivity index (χ1n) is 9.55. The highest BCUT2D eigenvalue weighted by Gasteiger charge is 2.62. The van der Waals surface area contributed by atoms with E-state index >= 15 is 0 Å². The Hall–Kier alpha value is -3.90. The molecule has 0 radical (unpaired) electrons. The fraction of sp³-hybridized carbons (Fsp3) is 0.250. The number of Topliss-reactive ketones (excluding diaryl/α,β-unsaturated/α-hetero) is 1. The first-order valence-corrected chi connectivity index (χ1v) is 9.55. The summed E-state index contributed by atoms with van der Waals surface area (Å²) in [7, 11) is 1.30. The van der Waals surface area contributed by atoms with Gasteiger partial charge in [-0.05, 0) is 36.2 Å². The summed E-state index contributed by atoms with van der Waals surface area (Å²) in [5, 5.41) is 20.4. The quantitative estimate of drug-likeness (QED) is 0.736. The third kappa shape index (κ3) is 2.62. The lowest BCUT2D eigenvalue weighted by molar-refractivity contribution is -0.118. The molecule has 6 heteroatoms. The summed E-state index contributed by atoms with van der Waals surface area (Å²) in [5.41, 5.74) is 1.32. The molecule has 0 amide bonds. The molecule has 1 saturated heterocycles. The number of anilines is 1. The van der Waals surface area contributed by atoms with Gasteiger partial charge in [0.05, 0.1) is 36.9 Å². The number of methoxy groups -OCH3 is 1. The van der Waals surface area contributed by atoms with Crippen LogP contribution in [0.1, 0.15) is 34.3 Å². The van der Waals surface area contributed by atoms with Crippen LogP contribution in [0.25, 0.3) is 6.08 Å². The fourth-order valence-electron chi connectivity index (χ4n) is 4.71. The predicted molar refractivity (Wildman–Crippen MR) is 110 cm³/mol. The Labute approximate surface area is 174 Å². The smallest absolute Gasteiger partial charge is 0.337 e. The van der Waals surface area contributed by atoms with Gasteiger partial charge in [0.15, 0.2) is 11.2 Å². The first-order chi connectivity index (χ1) is 14.5. The van der Waals surface area contributed by atoms with Crippen molar-refractivity contribution < 1.29 is 14.3 Å². The van der Waals surface area contributed by atoms with Crippen molar-refractivity contribution in [3.63, 3.8) is 0 Å². The van der Waals surface area contributed by atoms with Crippen molar-refractivity contribution in [2.24, 2.45) is 5.41 Å². The average Bonchev–Trinajstić information content (AvgIpc) is 3.10. The van der Waals surface area contributed by atoms with Crippen LogP contribution in [0.2, 0.25) is 0 Å². The molecule has 148 valence electrons. The van der Waals surface area contributed by atoms with Crippen LogP contribution >= 0.6 is 0 Å². The van der Waals surface area contributed by atoms with E-state index in [-0.39, 0.29) is 5.78 Å². The van der Waals surface area contributed by atoms with Crippen LogP contribution in [-0.2, 0) is 9.53 Å². The van der Waals surface area contributed by atoms with Crippen LogP contribution < -0.4 is 4.90 Å². The minimum Gasteiger partial charge on any atom is -0.465 e. The molecular weight excluding hydrogens is 378 g/mol. The second kappa shape index (κ2) is 7.17. The molecular formula is C24H19N3O3. The van der Waals surface area contributed by atoms with E-state index in [1.54, 1.807) is 24.3 Å². The van der Waals surface area contributed by atoms with Crippen molar-refractivity contribution in [3.8, 4) is 12.1 Å². The highest BCUT2D eigenvalue weighted by Crippen LogP contribution is 2.55. The Morgan fingerprint density at radius 3 is 2.33 bits per heavy atom. The summed E-state index contributed by atoms with van der Waals surface area (Å²) in [4.78, 5) is 26.6. The molecule has 4 rings (SSSR count). The van der Waals surface area contributed by atoms with Crippen molar-refractivity contribution in [2.75, 3.05) is 12.0 Å². The fourth-order valence-corrected chi connectivity index (χ4v) is 4.71. The van der Waals surface area contributed by atoms with E-state index in [1.807, 2.05) is 41.3 Å². The Morgan fingerprint density at radius 2 is 1.73 bits per heavy atom. The van der Waals surface area contributed by atoms with Crippen molar-refractivity contribution in [2.45, 2.75) is 24.9 Å². The lowest BCUT2D eigenvalue weighted by atomic mass is 9.69. The van der Waals surface area contributed by atoms with Gasteiger partial charge in [-0.2, -0.15) is 10.5 Å². The summed E-state index contributed by atoms with van der Waals surface area (Å²) >= 11 is 0. The van der Waals surface area contributed by atoms with E-state index in [1.165, 1.54) is 14.0 Å². The van der Waals surface area contributed by atoms with Gasteiger partial charge in [0.1, 0.15) is 0 Å². The molecule has 0 N–H and O–H groups in total. The number of nitrogens with zero attached hydrogens (tertiary/aromatic N) is 3. The number of nitriles is 2. The monoisotopic (exact) mass is 397 g/mol. The van der Waals surface area contributed by atoms with E-state index in [9.17, 15) is 20.1 Å². The maximum atomic E-state index is 12.9. The van der Waals surface area contributed by atoms with Crippen LogP contribution in [0.3, 0.4) is 0 Å². The second-order valence-electron chi connectivity index (χ2n) is 7.51. The zero-order valence-corrected chi connectivity index (χ0v) is 16.6. The molecule has 0 saturated carbocycles. The summed E-state index contributed by atoms with van der Waals surface area (Å²) in [6.07, 6.45) is 3.74. The number of hydrogen-bond acceptors (Lipinski definition) is 6. The van der Waals surface area contributed by atoms with Crippen LogP contribution in [0.4, 0.5) is 5.69 Å². The van der Waals surface area contributed by atoms with Crippen LogP contribution in [-0.4, -0.2) is 30.9 Å². The Kier molecular flexibility index (Phi) is 4.64. The number of esters is 1. The summed E-state index contributed by atoms with van der Waals surface area (Å²) in [6.45, 7) is 1.49. The SMILES string of the molecule is COC(=O)c1ccc([C@@H]2[C@@H](C(C)=O)N3c4ccccc4C=C[C@H]3C2(C#N)C#N)cc1. The van der Waals surface area contributed by atoms with Gasteiger partial charge in [0.2, 0.25) is 0 Å². The topological polar surface area (TPSA) is 94.2 Å². The molecule has 0 unspecified atom stereocenters. The Balaban J connectivity index is 1.92. The number of rotatable bonds is 3. The van der Waals surface area contributed by atoms with E-state index in [2.05, 4.69) is 12.1 Å². The zero-order chi connectivity index (χ0) is 21.5. The number of ether oxygens (including phenoxy) is 1. The van der Waals surface area contributed by atoms with Crippen molar-refractivity contribution in [3.05, 3.63) is 71.3 Å². The third-order valence-corrected chi connectivity index (χ3v) is 6.02. The van der Waals surface area contributed by atoms with E-state index in [0.29, 0.717) is 11.1 Å². The lowest BCUT2D eigenvalue weighted by Gasteiger charge is -2.35. The summed E-state index contributed by atoms with van der Waals surface area (Å²) in [5.74, 6) is -1.28. The second-order valence-corrected chi connectivity index (χ2v) is 7.51. The number of fused-ring (bicyclic) bond motifs is 3. The van der Waals surface area contributed by atoms with Crippen molar-refractivity contribution >= 4 is 23.5 Å². The van der Waals surface area contributed by atoms with Gasteiger partial charge >= 0.3 is 5.97 Å². The highest BCUT2D eigenvalue weighted by atomic mass is 16.5. The number of hydrogen-bond donors (Lipinski definition) is 0. The average molecular weight is 397 g/mol. The molecule has 0 bridgehead atoms. The Bertz CT molecular complexity index is 1120. The third-order valence-electron chi connectivity index (χ3n) is 6.02. The maximum absolute atomic E-state index is 12.9. The first kappa shape index (κ1) is 19.4. The summed E-state index contributed by atoms with van der Waals surface area (Å²) < 4.78 is 4.75. The summed E-state index contributed by atoms with van der Waals surface area (Å²) in [6, 6.07) is 17.5. The van der Waals surface area contributed by atoms with E-state index < -0.39 is 29.4 Å². The van der Waals surface area contributed by atoms with Crippen molar-refractivity contribution in [1.29, 1.82) is 10.5 Å². The Morgan fingerprint density at radius 1 is 1.07 bits per heavy atom. The van der Waals surface area contributed by atoms with Crippen LogP contribution in [0.5, 0.6) is 0 Å². The van der Waals surface area contributed by atoms with Crippen LogP contribution in [0, 0.1) is 28.1 Å². The normalized spacial score (nSPS) is 22.9. The molecule has 6 nitrogen and oxygen atoms in total. The standard InChI is InChI=1S/C24H19N3O3/c1-15(28)22-21(17-7-9-18(10-8-17)23(29)30-2)24(13-25,14-26)20-12-11-16-5-3-4-6-19(16)27(20)22/h3-12,20-22H,1-2H3/t20-,21+,22+/m0/s1. The van der Waals surface area contributed by atoms with Gasteiger partial charge in [-0.1, -0.05) is 42.5 Å². The molecule has 2 aromatic rings.